The zero-order chi connectivity index (χ0) is 14.4. The number of carbonyl (C=O) groups is 1. The van der Waals surface area contributed by atoms with Gasteiger partial charge in [0.05, 0.1) is 4.92 Å². The first kappa shape index (κ1) is 15.5. The van der Waals surface area contributed by atoms with Crippen LogP contribution in [0.15, 0.2) is 23.1 Å². The van der Waals surface area contributed by atoms with E-state index in [0.717, 1.165) is 4.90 Å². The number of amides is 1. The Bertz CT molecular complexity index is 479. The molecule has 0 aliphatic heterocycles. The van der Waals surface area contributed by atoms with Crippen LogP contribution in [0.5, 0.6) is 0 Å². The summed E-state index contributed by atoms with van der Waals surface area (Å²) < 4.78 is 0. The first-order valence-corrected chi connectivity index (χ1v) is 6.96. The zero-order valence-electron chi connectivity index (χ0n) is 11.2. The summed E-state index contributed by atoms with van der Waals surface area (Å²) in [6, 6.07) is 4.60. The summed E-state index contributed by atoms with van der Waals surface area (Å²) in [7, 11) is 3.42. The molecule has 104 valence electrons. The van der Waals surface area contributed by atoms with Crippen molar-refractivity contribution in [2.45, 2.75) is 4.90 Å². The number of likely N-dealkylation sites (N-methyl/N-ethyl adjacent to an activating group) is 2. The molecule has 0 aliphatic rings. The van der Waals surface area contributed by atoms with Gasteiger partial charge in [0.25, 0.3) is 11.6 Å². The van der Waals surface area contributed by atoms with Crippen LogP contribution in [-0.2, 0) is 0 Å². The number of benzene rings is 1. The van der Waals surface area contributed by atoms with Gasteiger partial charge in [0.2, 0.25) is 0 Å². The number of hydrogen-bond acceptors (Lipinski definition) is 5. The molecule has 6 nitrogen and oxygen atoms in total. The van der Waals surface area contributed by atoms with Crippen molar-refractivity contribution in [3.63, 3.8) is 0 Å². The van der Waals surface area contributed by atoms with Gasteiger partial charge in [0.1, 0.15) is 5.56 Å². The highest BCUT2D eigenvalue weighted by Gasteiger charge is 2.23. The molecule has 1 aromatic rings. The van der Waals surface area contributed by atoms with Crippen LogP contribution in [0.1, 0.15) is 10.4 Å². The number of thioether (sulfide) groups is 1. The van der Waals surface area contributed by atoms with E-state index in [2.05, 4.69) is 5.32 Å². The van der Waals surface area contributed by atoms with E-state index in [1.165, 1.54) is 22.7 Å². The van der Waals surface area contributed by atoms with Crippen molar-refractivity contribution >= 4 is 23.4 Å². The maximum atomic E-state index is 12.2. The Kier molecular flexibility index (Phi) is 5.78. The normalized spacial score (nSPS) is 10.3. The third-order valence-corrected chi connectivity index (χ3v) is 3.40. The molecule has 0 aliphatic carbocycles. The number of nitrogens with zero attached hydrogens (tertiary/aromatic N) is 2. The summed E-state index contributed by atoms with van der Waals surface area (Å²) in [6.07, 6.45) is 1.86. The maximum absolute atomic E-state index is 12.2. The van der Waals surface area contributed by atoms with E-state index in [-0.39, 0.29) is 17.2 Å². The molecule has 0 saturated heterocycles. The Morgan fingerprint density at radius 1 is 1.53 bits per heavy atom. The molecule has 1 aromatic carbocycles. The summed E-state index contributed by atoms with van der Waals surface area (Å²) >= 11 is 1.44. The van der Waals surface area contributed by atoms with E-state index in [0.29, 0.717) is 13.1 Å². The van der Waals surface area contributed by atoms with Gasteiger partial charge in [-0.15, -0.1) is 11.8 Å². The molecule has 0 unspecified atom stereocenters. The van der Waals surface area contributed by atoms with Gasteiger partial charge in [0, 0.05) is 31.1 Å². The third kappa shape index (κ3) is 3.93. The van der Waals surface area contributed by atoms with Gasteiger partial charge in [-0.3, -0.25) is 14.9 Å². The van der Waals surface area contributed by atoms with Gasteiger partial charge in [0.15, 0.2) is 0 Å². The first-order valence-electron chi connectivity index (χ1n) is 5.73. The minimum atomic E-state index is -0.525. The van der Waals surface area contributed by atoms with E-state index >= 15 is 0 Å². The highest BCUT2D eigenvalue weighted by Crippen LogP contribution is 2.25. The van der Waals surface area contributed by atoms with E-state index in [1.54, 1.807) is 26.2 Å². The van der Waals surface area contributed by atoms with Crippen molar-refractivity contribution < 1.29 is 9.72 Å². The average Bonchev–Trinajstić information content (AvgIpc) is 2.42. The molecule has 19 heavy (non-hydrogen) atoms. The minimum Gasteiger partial charge on any atom is -0.340 e. The molecule has 0 saturated carbocycles. The molecule has 7 heteroatoms. The third-order valence-electron chi connectivity index (χ3n) is 2.67. The van der Waals surface area contributed by atoms with Crippen molar-refractivity contribution in [3.8, 4) is 0 Å². The van der Waals surface area contributed by atoms with Crippen LogP contribution in [0, 0.1) is 10.1 Å². The highest BCUT2D eigenvalue weighted by molar-refractivity contribution is 7.98. The van der Waals surface area contributed by atoms with Gasteiger partial charge < -0.3 is 10.2 Å². The van der Waals surface area contributed by atoms with Crippen LogP contribution in [0.4, 0.5) is 5.69 Å². The fourth-order valence-electron chi connectivity index (χ4n) is 1.56. The lowest BCUT2D eigenvalue weighted by Gasteiger charge is -2.17. The molecule has 0 heterocycles. The predicted molar refractivity (Wildman–Crippen MR) is 75.8 cm³/mol. The largest absolute Gasteiger partial charge is 0.340 e. The van der Waals surface area contributed by atoms with E-state index in [4.69, 9.17) is 0 Å². The number of nitro groups is 1. The number of nitro benzene ring substituents is 1. The minimum absolute atomic E-state index is 0.135. The Morgan fingerprint density at radius 3 is 2.74 bits per heavy atom. The van der Waals surface area contributed by atoms with Crippen molar-refractivity contribution in [3.05, 3.63) is 33.9 Å². The maximum Gasteiger partial charge on any atom is 0.282 e. The molecule has 0 bridgehead atoms. The van der Waals surface area contributed by atoms with Crippen LogP contribution >= 0.6 is 11.8 Å². The van der Waals surface area contributed by atoms with Gasteiger partial charge >= 0.3 is 0 Å². The molecule has 0 spiro atoms. The standard InChI is InChI=1S/C12H17N3O3S/c1-13-6-7-14(2)12(16)10-8-9(19-3)4-5-11(10)15(17)18/h4-5,8,13H,6-7H2,1-3H3. The first-order chi connectivity index (χ1) is 9.01. The molecule has 0 atom stereocenters. The van der Waals surface area contributed by atoms with Crippen molar-refractivity contribution in [2.24, 2.45) is 0 Å². The quantitative estimate of drug-likeness (QED) is 0.487. The lowest BCUT2D eigenvalue weighted by atomic mass is 10.1. The molecule has 0 radical (unpaired) electrons. The average molecular weight is 283 g/mol. The summed E-state index contributed by atoms with van der Waals surface area (Å²) in [5.41, 5.74) is -0.0189. The fraction of sp³-hybridized carbons (Fsp3) is 0.417. The van der Waals surface area contributed by atoms with Gasteiger partial charge in [-0.2, -0.15) is 0 Å². The summed E-state index contributed by atoms with van der Waals surface area (Å²) in [6.45, 7) is 1.13. The smallest absolute Gasteiger partial charge is 0.282 e. The summed E-state index contributed by atoms with van der Waals surface area (Å²) in [5.74, 6) is -0.335. The molecule has 0 aromatic heterocycles. The molecule has 1 rings (SSSR count). The Labute approximate surface area is 116 Å². The summed E-state index contributed by atoms with van der Waals surface area (Å²) in [4.78, 5) is 25.0. The van der Waals surface area contributed by atoms with Gasteiger partial charge in [-0.25, -0.2) is 0 Å². The predicted octanol–water partition coefficient (Wildman–Crippen LogP) is 1.61. The van der Waals surface area contributed by atoms with Crippen LogP contribution in [0.25, 0.3) is 0 Å². The Balaban J connectivity index is 3.08. The second-order valence-electron chi connectivity index (χ2n) is 3.97. The Hall–Kier alpha value is -1.60. The van der Waals surface area contributed by atoms with Crippen LogP contribution < -0.4 is 5.32 Å². The number of nitrogens with one attached hydrogen (secondary N) is 1. The Morgan fingerprint density at radius 2 is 2.21 bits per heavy atom. The zero-order valence-corrected chi connectivity index (χ0v) is 12.0. The molecule has 1 N–H and O–H groups in total. The molecule has 0 fully saturated rings. The van der Waals surface area contributed by atoms with Crippen molar-refractivity contribution in [2.75, 3.05) is 33.4 Å². The lowest BCUT2D eigenvalue weighted by molar-refractivity contribution is -0.385. The number of rotatable bonds is 6. The van der Waals surface area contributed by atoms with Gasteiger partial charge in [-0.05, 0) is 25.4 Å². The lowest BCUT2D eigenvalue weighted by Crippen LogP contribution is -2.33. The van der Waals surface area contributed by atoms with Crippen LogP contribution in [0.2, 0.25) is 0 Å². The monoisotopic (exact) mass is 283 g/mol. The molecule has 1 amide bonds. The second kappa shape index (κ2) is 7.10. The summed E-state index contributed by atoms with van der Waals surface area (Å²) in [5, 5.41) is 13.9. The van der Waals surface area contributed by atoms with Crippen molar-refractivity contribution in [1.29, 1.82) is 0 Å². The number of hydrogen-bond donors (Lipinski definition) is 1. The number of carbonyl (C=O) groups excluding carboxylic acids is 1. The van der Waals surface area contributed by atoms with Crippen LogP contribution in [0.3, 0.4) is 0 Å². The second-order valence-corrected chi connectivity index (χ2v) is 4.85. The molecular formula is C12H17N3O3S. The van der Waals surface area contributed by atoms with E-state index in [1.807, 2.05) is 6.26 Å². The molecular weight excluding hydrogens is 266 g/mol. The SMILES string of the molecule is CNCCN(C)C(=O)c1cc(SC)ccc1[N+](=O)[O-]. The topological polar surface area (TPSA) is 75.5 Å². The van der Waals surface area contributed by atoms with Crippen molar-refractivity contribution in [1.82, 2.24) is 10.2 Å². The van der Waals surface area contributed by atoms with Crippen LogP contribution in [-0.4, -0.2) is 49.2 Å². The fourth-order valence-corrected chi connectivity index (χ4v) is 2.00. The van der Waals surface area contributed by atoms with E-state index in [9.17, 15) is 14.9 Å². The van der Waals surface area contributed by atoms with Gasteiger partial charge in [-0.1, -0.05) is 0 Å². The van der Waals surface area contributed by atoms with E-state index < -0.39 is 4.92 Å². The highest BCUT2D eigenvalue weighted by atomic mass is 32.2.